The highest BCUT2D eigenvalue weighted by molar-refractivity contribution is 7.99. The molecular weight excluding hydrogens is 508 g/mol. The molecule has 6 nitrogen and oxygen atoms in total. The van der Waals surface area contributed by atoms with Crippen LogP contribution in [-0.2, 0) is 16.6 Å². The molecule has 0 N–H and O–H groups in total. The van der Waals surface area contributed by atoms with Gasteiger partial charge in [0.1, 0.15) is 17.2 Å². The van der Waals surface area contributed by atoms with Crippen molar-refractivity contribution >= 4 is 22.9 Å². The molecule has 3 heterocycles. The van der Waals surface area contributed by atoms with Crippen LogP contribution in [0.3, 0.4) is 0 Å². The molecule has 5 fully saturated rings. The Bertz CT molecular complexity index is 1450. The Balaban J connectivity index is 1.16. The smallest absolute Gasteiger partial charge is 0.256 e. The van der Waals surface area contributed by atoms with Gasteiger partial charge in [0.2, 0.25) is 0 Å². The maximum absolute atomic E-state index is 7.17. The minimum atomic E-state index is -0.331. The molecule has 5 aliphatic carbocycles. The topological polar surface area (TPSA) is 57.0 Å². The minimum Gasteiger partial charge on any atom is -0.493 e. The average Bonchev–Trinajstić information content (AvgIpc) is 3.56. The molecule has 4 bridgehead atoms. The predicted molar refractivity (Wildman–Crippen MR) is 150 cm³/mol. The molecule has 39 heavy (non-hydrogen) atoms. The van der Waals surface area contributed by atoms with Crippen LogP contribution in [0.4, 0.5) is 0 Å². The van der Waals surface area contributed by atoms with Crippen LogP contribution in [-0.4, -0.2) is 60.7 Å². The van der Waals surface area contributed by atoms with Crippen LogP contribution in [0.25, 0.3) is 11.1 Å². The SMILES string of the molecule is COc1ccc2c3c1O[C@H]1[C@@]4(OC)CC[C@@]5(C[C@@H]4CSc4nc6ccccc6o4)C(C2)N(CC2CC2)CC[C@]315. The van der Waals surface area contributed by atoms with Gasteiger partial charge in [-0.2, -0.15) is 0 Å². The lowest BCUT2D eigenvalue weighted by Gasteiger charge is -2.74. The monoisotopic (exact) mass is 544 g/mol. The third-order valence-corrected chi connectivity index (χ3v) is 12.7. The number of oxazole rings is 1. The maximum atomic E-state index is 7.17. The number of likely N-dealkylation sites (tertiary alicyclic amines) is 1. The van der Waals surface area contributed by atoms with Gasteiger partial charge < -0.3 is 18.6 Å². The van der Waals surface area contributed by atoms with Crippen molar-refractivity contribution in [2.75, 3.05) is 33.1 Å². The fourth-order valence-corrected chi connectivity index (χ4v) is 11.0. The van der Waals surface area contributed by atoms with Gasteiger partial charge in [-0.3, -0.25) is 4.90 Å². The molecule has 204 valence electrons. The number of nitrogens with zero attached hydrogens (tertiary/aromatic N) is 2. The van der Waals surface area contributed by atoms with E-state index in [9.17, 15) is 0 Å². The molecule has 7 aliphatic rings. The van der Waals surface area contributed by atoms with Gasteiger partial charge in [0, 0.05) is 47.8 Å². The number of para-hydroxylation sites is 2. The Labute approximate surface area is 233 Å². The van der Waals surface area contributed by atoms with E-state index >= 15 is 0 Å². The molecule has 2 aromatic carbocycles. The molecule has 7 heteroatoms. The minimum absolute atomic E-state index is 0.00220. The Morgan fingerprint density at radius 2 is 2.00 bits per heavy atom. The zero-order chi connectivity index (χ0) is 26.0. The summed E-state index contributed by atoms with van der Waals surface area (Å²) in [4.78, 5) is 7.69. The third kappa shape index (κ3) is 2.85. The van der Waals surface area contributed by atoms with Gasteiger partial charge in [0.15, 0.2) is 17.1 Å². The molecule has 4 saturated carbocycles. The molecule has 1 aromatic heterocycles. The van der Waals surface area contributed by atoms with Crippen molar-refractivity contribution in [1.82, 2.24) is 9.88 Å². The van der Waals surface area contributed by atoms with E-state index in [0.29, 0.717) is 12.0 Å². The van der Waals surface area contributed by atoms with Crippen LogP contribution in [0, 0.1) is 17.3 Å². The van der Waals surface area contributed by atoms with E-state index in [2.05, 4.69) is 17.0 Å². The van der Waals surface area contributed by atoms with Gasteiger partial charge in [-0.05, 0) is 81.2 Å². The van der Waals surface area contributed by atoms with Gasteiger partial charge in [-0.1, -0.05) is 30.0 Å². The number of ether oxygens (including phenoxy) is 3. The highest BCUT2D eigenvalue weighted by atomic mass is 32.2. The first kappa shape index (κ1) is 23.5. The molecule has 1 unspecified atom stereocenters. The molecule has 2 spiro atoms. The third-order valence-electron chi connectivity index (χ3n) is 11.7. The maximum Gasteiger partial charge on any atom is 0.256 e. The number of piperidine rings is 1. The summed E-state index contributed by atoms with van der Waals surface area (Å²) >= 11 is 1.75. The molecule has 2 aliphatic heterocycles. The summed E-state index contributed by atoms with van der Waals surface area (Å²) < 4.78 is 25.9. The van der Waals surface area contributed by atoms with E-state index in [0.717, 1.165) is 58.8 Å². The Morgan fingerprint density at radius 1 is 1.10 bits per heavy atom. The standard InChI is InChI=1S/C32H36N2O4S/c1-35-24-10-9-20-15-25-30-11-12-32(36-2,21(16-30)18-39-29-33-22-5-3-4-6-23(22)37-29)28-31(30,26(20)27(24)38-28)13-14-34(25)17-19-7-8-19/h3-6,9-10,19,21,25,28H,7-8,11-18H2,1-2H3/t21-,25?,28-,30-,31+,32-/m1/s1. The highest BCUT2D eigenvalue weighted by Gasteiger charge is 2.80. The van der Waals surface area contributed by atoms with Crippen LogP contribution in [0.1, 0.15) is 49.7 Å². The average molecular weight is 545 g/mol. The molecule has 10 rings (SSSR count). The van der Waals surface area contributed by atoms with Crippen molar-refractivity contribution in [3.63, 3.8) is 0 Å². The van der Waals surface area contributed by atoms with Crippen molar-refractivity contribution in [3.05, 3.63) is 47.5 Å². The van der Waals surface area contributed by atoms with E-state index < -0.39 is 0 Å². The number of thioether (sulfide) groups is 1. The molecule has 3 aromatic rings. The molecule has 1 saturated heterocycles. The van der Waals surface area contributed by atoms with E-state index in [-0.39, 0.29) is 22.5 Å². The van der Waals surface area contributed by atoms with Gasteiger partial charge in [-0.15, -0.1) is 0 Å². The second-order valence-electron chi connectivity index (χ2n) is 13.0. The first-order chi connectivity index (χ1) is 19.1. The zero-order valence-corrected chi connectivity index (χ0v) is 23.6. The van der Waals surface area contributed by atoms with Crippen molar-refractivity contribution in [3.8, 4) is 11.5 Å². The van der Waals surface area contributed by atoms with Crippen molar-refractivity contribution in [1.29, 1.82) is 0 Å². The Kier molecular flexibility index (Phi) is 4.79. The van der Waals surface area contributed by atoms with Crippen LogP contribution in [0.2, 0.25) is 0 Å². The van der Waals surface area contributed by atoms with Gasteiger partial charge in [0.05, 0.1) is 7.11 Å². The number of aromatic nitrogens is 1. The molecule has 0 radical (unpaired) electrons. The summed E-state index contributed by atoms with van der Waals surface area (Å²) in [7, 11) is 3.71. The number of methoxy groups -OCH3 is 2. The number of rotatable bonds is 7. The number of hydrogen-bond acceptors (Lipinski definition) is 7. The Hall–Kier alpha value is -2.22. The van der Waals surface area contributed by atoms with E-state index in [1.54, 1.807) is 18.9 Å². The van der Waals surface area contributed by atoms with Crippen molar-refractivity contribution in [2.24, 2.45) is 17.3 Å². The van der Waals surface area contributed by atoms with Gasteiger partial charge >= 0.3 is 0 Å². The molecule has 6 atom stereocenters. The molecule has 0 amide bonds. The normalized spacial score (nSPS) is 37.6. The van der Waals surface area contributed by atoms with Crippen LogP contribution >= 0.6 is 11.8 Å². The van der Waals surface area contributed by atoms with Crippen LogP contribution in [0.15, 0.2) is 46.0 Å². The second kappa shape index (κ2) is 7.95. The van der Waals surface area contributed by atoms with Gasteiger partial charge in [0.25, 0.3) is 5.22 Å². The summed E-state index contributed by atoms with van der Waals surface area (Å²) in [5, 5.41) is 0.759. The first-order valence-corrected chi connectivity index (χ1v) is 15.7. The van der Waals surface area contributed by atoms with Crippen LogP contribution in [0.5, 0.6) is 11.5 Å². The number of hydrogen-bond donors (Lipinski definition) is 0. The van der Waals surface area contributed by atoms with E-state index in [1.807, 2.05) is 31.4 Å². The summed E-state index contributed by atoms with van der Waals surface area (Å²) in [6.07, 6.45) is 8.55. The quantitative estimate of drug-likeness (QED) is 0.346. The van der Waals surface area contributed by atoms with Crippen molar-refractivity contribution < 1.29 is 18.6 Å². The Morgan fingerprint density at radius 3 is 2.82 bits per heavy atom. The largest absolute Gasteiger partial charge is 0.493 e. The second-order valence-corrected chi connectivity index (χ2v) is 14.0. The van der Waals surface area contributed by atoms with E-state index in [1.165, 1.54) is 49.9 Å². The summed E-state index contributed by atoms with van der Waals surface area (Å²) in [5.41, 5.74) is 4.61. The lowest BCUT2D eigenvalue weighted by Crippen LogP contribution is -2.81. The van der Waals surface area contributed by atoms with Crippen LogP contribution < -0.4 is 9.47 Å². The summed E-state index contributed by atoms with van der Waals surface area (Å²) in [6.45, 7) is 2.44. The van der Waals surface area contributed by atoms with E-state index in [4.69, 9.17) is 23.6 Å². The lowest BCUT2D eigenvalue weighted by molar-refractivity contribution is -0.273. The zero-order valence-electron chi connectivity index (χ0n) is 22.8. The molecular formula is C32H36N2O4S. The fraction of sp³-hybridized carbons (Fsp3) is 0.594. The predicted octanol–water partition coefficient (Wildman–Crippen LogP) is 5.85. The summed E-state index contributed by atoms with van der Waals surface area (Å²) in [5.74, 6) is 4.08. The lowest BCUT2D eigenvalue weighted by atomic mass is 9.35. The fourth-order valence-electron chi connectivity index (χ4n) is 9.98. The van der Waals surface area contributed by atoms with Crippen molar-refractivity contribution in [2.45, 2.75) is 73.3 Å². The summed E-state index contributed by atoms with van der Waals surface area (Å²) in [6, 6.07) is 13.1. The number of fused-ring (bicyclic) bond motifs is 3. The first-order valence-electron chi connectivity index (χ1n) is 14.8. The van der Waals surface area contributed by atoms with Gasteiger partial charge in [-0.25, -0.2) is 4.98 Å². The highest BCUT2D eigenvalue weighted by Crippen LogP contribution is 2.77. The number of benzene rings is 2.